The Morgan fingerprint density at radius 2 is 1.71 bits per heavy atom. The summed E-state index contributed by atoms with van der Waals surface area (Å²) in [6.07, 6.45) is 2.38. The van der Waals surface area contributed by atoms with E-state index in [2.05, 4.69) is 33.3 Å². The number of ether oxygens (including phenoxy) is 2. The van der Waals surface area contributed by atoms with Gasteiger partial charge < -0.3 is 24.6 Å². The molecule has 1 amide bonds. The molecular formula is C22H27N3O3. The van der Waals surface area contributed by atoms with E-state index in [0.29, 0.717) is 5.75 Å². The first-order chi connectivity index (χ1) is 13.8. The molecule has 2 aromatic rings. The lowest BCUT2D eigenvalue weighted by Gasteiger charge is -2.30. The van der Waals surface area contributed by atoms with Crippen molar-refractivity contribution in [2.75, 3.05) is 61.1 Å². The van der Waals surface area contributed by atoms with Gasteiger partial charge >= 0.3 is 0 Å². The highest BCUT2D eigenvalue weighted by Gasteiger charge is 2.19. The topological polar surface area (TPSA) is 54.0 Å². The van der Waals surface area contributed by atoms with E-state index in [0.717, 1.165) is 56.5 Å². The van der Waals surface area contributed by atoms with Crippen LogP contribution in [0.5, 0.6) is 5.75 Å². The van der Waals surface area contributed by atoms with E-state index < -0.39 is 0 Å². The number of carbonyl (C=O) groups is 1. The first-order valence-electron chi connectivity index (χ1n) is 9.99. The molecular weight excluding hydrogens is 354 g/mol. The van der Waals surface area contributed by atoms with Crippen LogP contribution in [0.3, 0.4) is 0 Å². The van der Waals surface area contributed by atoms with Gasteiger partial charge in [-0.25, -0.2) is 0 Å². The Labute approximate surface area is 166 Å². The van der Waals surface area contributed by atoms with Crippen molar-refractivity contribution in [3.63, 3.8) is 0 Å². The van der Waals surface area contributed by atoms with E-state index in [1.165, 1.54) is 12.8 Å². The van der Waals surface area contributed by atoms with E-state index in [-0.39, 0.29) is 12.5 Å². The average Bonchev–Trinajstić information content (AvgIpc) is 3.28. The third-order valence-electron chi connectivity index (χ3n) is 5.19. The SMILES string of the molecule is O=C(COc1ccccc1)Nc1cc(N2CCOCC2)ccc1N1CCCC1. The Bertz CT molecular complexity index is 785. The molecule has 0 saturated carbocycles. The van der Waals surface area contributed by atoms with Crippen LogP contribution < -0.4 is 19.9 Å². The molecule has 0 aliphatic carbocycles. The summed E-state index contributed by atoms with van der Waals surface area (Å²) in [5.41, 5.74) is 3.06. The zero-order valence-corrected chi connectivity index (χ0v) is 16.1. The fourth-order valence-electron chi connectivity index (χ4n) is 3.73. The van der Waals surface area contributed by atoms with Crippen LogP contribution in [-0.2, 0) is 9.53 Å². The Kier molecular flexibility index (Phi) is 5.97. The molecule has 1 N–H and O–H groups in total. The predicted octanol–water partition coefficient (Wildman–Crippen LogP) is 3.14. The number of para-hydroxylation sites is 1. The van der Waals surface area contributed by atoms with Gasteiger partial charge in [0.05, 0.1) is 24.6 Å². The van der Waals surface area contributed by atoms with Crippen LogP contribution >= 0.6 is 0 Å². The molecule has 2 heterocycles. The van der Waals surface area contributed by atoms with Crippen LogP contribution in [0.1, 0.15) is 12.8 Å². The number of morpholine rings is 1. The molecule has 2 aromatic carbocycles. The molecule has 0 bridgehead atoms. The Balaban J connectivity index is 1.49. The minimum Gasteiger partial charge on any atom is -0.484 e. The van der Waals surface area contributed by atoms with Gasteiger partial charge in [0.1, 0.15) is 5.75 Å². The standard InChI is InChI=1S/C22H27N3O3/c26-22(17-28-19-6-2-1-3-7-19)23-20-16-18(24-12-14-27-15-13-24)8-9-21(20)25-10-4-5-11-25/h1-3,6-9,16H,4-5,10-15,17H2,(H,23,26). The second kappa shape index (κ2) is 8.97. The molecule has 0 unspecified atom stereocenters. The maximum absolute atomic E-state index is 12.6. The fraction of sp³-hybridized carbons (Fsp3) is 0.409. The number of hydrogen-bond acceptors (Lipinski definition) is 5. The van der Waals surface area contributed by atoms with Crippen molar-refractivity contribution in [2.24, 2.45) is 0 Å². The number of benzene rings is 2. The molecule has 0 spiro atoms. The molecule has 2 aliphatic heterocycles. The average molecular weight is 381 g/mol. The Hall–Kier alpha value is -2.73. The van der Waals surface area contributed by atoms with Crippen LogP contribution in [0.15, 0.2) is 48.5 Å². The summed E-state index contributed by atoms with van der Waals surface area (Å²) in [4.78, 5) is 17.2. The molecule has 2 saturated heterocycles. The van der Waals surface area contributed by atoms with Gasteiger partial charge in [-0.2, -0.15) is 0 Å². The van der Waals surface area contributed by atoms with Crippen molar-refractivity contribution < 1.29 is 14.3 Å². The van der Waals surface area contributed by atoms with E-state index in [1.807, 2.05) is 30.3 Å². The van der Waals surface area contributed by atoms with Crippen molar-refractivity contribution >= 4 is 23.0 Å². The first kappa shape index (κ1) is 18.6. The zero-order chi connectivity index (χ0) is 19.2. The molecule has 0 aromatic heterocycles. The zero-order valence-electron chi connectivity index (χ0n) is 16.1. The van der Waals surface area contributed by atoms with Gasteiger partial charge in [0, 0.05) is 31.9 Å². The van der Waals surface area contributed by atoms with Gasteiger partial charge in [0.2, 0.25) is 0 Å². The summed E-state index contributed by atoms with van der Waals surface area (Å²) in [5, 5.41) is 3.07. The highest BCUT2D eigenvalue weighted by atomic mass is 16.5. The van der Waals surface area contributed by atoms with E-state index >= 15 is 0 Å². The number of hydrogen-bond donors (Lipinski definition) is 1. The summed E-state index contributed by atoms with van der Waals surface area (Å²) < 4.78 is 11.1. The van der Waals surface area contributed by atoms with Crippen LogP contribution in [0.2, 0.25) is 0 Å². The predicted molar refractivity (Wildman–Crippen MR) is 111 cm³/mol. The smallest absolute Gasteiger partial charge is 0.262 e. The second-order valence-corrected chi connectivity index (χ2v) is 7.14. The first-order valence-corrected chi connectivity index (χ1v) is 9.99. The maximum Gasteiger partial charge on any atom is 0.262 e. The van der Waals surface area contributed by atoms with Crippen molar-refractivity contribution in [3.8, 4) is 5.75 Å². The van der Waals surface area contributed by atoms with Crippen LogP contribution in [0, 0.1) is 0 Å². The monoisotopic (exact) mass is 381 g/mol. The highest BCUT2D eigenvalue weighted by molar-refractivity contribution is 5.96. The van der Waals surface area contributed by atoms with Crippen molar-refractivity contribution in [1.82, 2.24) is 0 Å². The van der Waals surface area contributed by atoms with Gasteiger partial charge in [0.25, 0.3) is 5.91 Å². The van der Waals surface area contributed by atoms with Crippen molar-refractivity contribution in [1.29, 1.82) is 0 Å². The normalized spacial score (nSPS) is 16.9. The van der Waals surface area contributed by atoms with Gasteiger partial charge in [-0.3, -0.25) is 4.79 Å². The number of nitrogens with zero attached hydrogens (tertiary/aromatic N) is 2. The van der Waals surface area contributed by atoms with E-state index in [4.69, 9.17) is 9.47 Å². The molecule has 6 heteroatoms. The maximum atomic E-state index is 12.6. The van der Waals surface area contributed by atoms with Gasteiger partial charge in [-0.1, -0.05) is 18.2 Å². The molecule has 2 aliphatic rings. The fourth-order valence-corrected chi connectivity index (χ4v) is 3.73. The molecule has 0 atom stereocenters. The number of nitrogens with one attached hydrogen (secondary N) is 1. The van der Waals surface area contributed by atoms with Gasteiger partial charge in [0.15, 0.2) is 6.61 Å². The Morgan fingerprint density at radius 3 is 2.46 bits per heavy atom. The summed E-state index contributed by atoms with van der Waals surface area (Å²) in [7, 11) is 0. The number of carbonyl (C=O) groups excluding carboxylic acids is 1. The van der Waals surface area contributed by atoms with Gasteiger partial charge in [-0.15, -0.1) is 0 Å². The minimum atomic E-state index is -0.150. The minimum absolute atomic E-state index is 0.00870. The summed E-state index contributed by atoms with van der Waals surface area (Å²) >= 11 is 0. The number of amides is 1. The molecule has 2 fully saturated rings. The van der Waals surface area contributed by atoms with Crippen molar-refractivity contribution in [2.45, 2.75) is 12.8 Å². The lowest BCUT2D eigenvalue weighted by Crippen LogP contribution is -2.36. The highest BCUT2D eigenvalue weighted by Crippen LogP contribution is 2.33. The third kappa shape index (κ3) is 4.57. The molecule has 4 rings (SSSR count). The Morgan fingerprint density at radius 1 is 0.964 bits per heavy atom. The largest absolute Gasteiger partial charge is 0.484 e. The van der Waals surface area contributed by atoms with Crippen molar-refractivity contribution in [3.05, 3.63) is 48.5 Å². The van der Waals surface area contributed by atoms with Crippen LogP contribution in [-0.4, -0.2) is 51.9 Å². The lowest BCUT2D eigenvalue weighted by molar-refractivity contribution is -0.118. The third-order valence-corrected chi connectivity index (χ3v) is 5.19. The lowest BCUT2D eigenvalue weighted by atomic mass is 10.2. The quantitative estimate of drug-likeness (QED) is 0.833. The van der Waals surface area contributed by atoms with Crippen LogP contribution in [0.25, 0.3) is 0 Å². The van der Waals surface area contributed by atoms with E-state index in [9.17, 15) is 4.79 Å². The summed E-state index contributed by atoms with van der Waals surface area (Å²) in [5.74, 6) is 0.544. The van der Waals surface area contributed by atoms with Gasteiger partial charge in [-0.05, 0) is 43.2 Å². The molecule has 28 heavy (non-hydrogen) atoms. The molecule has 0 radical (unpaired) electrons. The van der Waals surface area contributed by atoms with Crippen LogP contribution in [0.4, 0.5) is 17.1 Å². The molecule has 148 valence electrons. The summed E-state index contributed by atoms with van der Waals surface area (Å²) in [6, 6.07) is 15.8. The van der Waals surface area contributed by atoms with E-state index in [1.54, 1.807) is 0 Å². The number of rotatable bonds is 6. The second-order valence-electron chi connectivity index (χ2n) is 7.14. The number of anilines is 3. The molecule has 6 nitrogen and oxygen atoms in total. The summed E-state index contributed by atoms with van der Waals surface area (Å²) in [6.45, 7) is 5.26.